The zero-order valence-electron chi connectivity index (χ0n) is 15.1. The van der Waals surface area contributed by atoms with Crippen LogP contribution in [-0.2, 0) is 9.53 Å². The Kier molecular flexibility index (Phi) is 5.16. The summed E-state index contributed by atoms with van der Waals surface area (Å²) in [7, 11) is 0. The summed E-state index contributed by atoms with van der Waals surface area (Å²) in [5.74, 6) is 0.239. The predicted octanol–water partition coefficient (Wildman–Crippen LogP) is 2.60. The van der Waals surface area contributed by atoms with Crippen LogP contribution in [-0.4, -0.2) is 34.7 Å². The van der Waals surface area contributed by atoms with Gasteiger partial charge in [-0.25, -0.2) is 4.79 Å². The van der Waals surface area contributed by atoms with Crippen LogP contribution in [0.3, 0.4) is 0 Å². The maximum atomic E-state index is 12.4. The Morgan fingerprint density at radius 2 is 2.00 bits per heavy atom. The van der Waals surface area contributed by atoms with Crippen LogP contribution in [0.2, 0.25) is 0 Å². The zero-order valence-corrected chi connectivity index (χ0v) is 15.1. The minimum Gasteiger partial charge on any atom is -0.444 e. The summed E-state index contributed by atoms with van der Waals surface area (Å²) in [5, 5.41) is 5.71. The van der Waals surface area contributed by atoms with Gasteiger partial charge in [-0.3, -0.25) is 9.78 Å². The summed E-state index contributed by atoms with van der Waals surface area (Å²) >= 11 is 0. The minimum atomic E-state index is -0.546. The van der Waals surface area contributed by atoms with Crippen LogP contribution in [0.4, 0.5) is 4.79 Å². The number of hydrogen-bond acceptors (Lipinski definition) is 4. The van der Waals surface area contributed by atoms with E-state index in [1.807, 2.05) is 52.9 Å². The molecule has 0 radical (unpaired) electrons. The van der Waals surface area contributed by atoms with Crippen molar-refractivity contribution in [2.24, 2.45) is 5.92 Å². The van der Waals surface area contributed by atoms with E-state index in [0.717, 1.165) is 12.0 Å². The number of carbonyl (C=O) groups excluding carboxylic acids is 2. The van der Waals surface area contributed by atoms with E-state index in [9.17, 15) is 9.59 Å². The second-order valence-corrected chi connectivity index (χ2v) is 7.96. The van der Waals surface area contributed by atoms with Crippen molar-refractivity contribution in [3.05, 3.63) is 30.1 Å². The average molecular weight is 333 g/mol. The minimum absolute atomic E-state index is 0.0137. The number of ether oxygens (including phenoxy) is 1. The number of hydrogen-bond donors (Lipinski definition) is 2. The van der Waals surface area contributed by atoms with Gasteiger partial charge in [0.05, 0.1) is 5.54 Å². The van der Waals surface area contributed by atoms with Gasteiger partial charge < -0.3 is 15.4 Å². The normalized spacial score (nSPS) is 20.2. The first-order chi connectivity index (χ1) is 11.1. The fraction of sp³-hybridized carbons (Fsp3) is 0.611. The molecule has 2 unspecified atom stereocenters. The largest absolute Gasteiger partial charge is 0.444 e. The molecule has 2 amide bonds. The van der Waals surface area contributed by atoms with Crippen LogP contribution >= 0.6 is 0 Å². The quantitative estimate of drug-likeness (QED) is 0.868. The van der Waals surface area contributed by atoms with Crippen LogP contribution in [0, 0.1) is 5.92 Å². The van der Waals surface area contributed by atoms with E-state index < -0.39 is 17.2 Å². The molecule has 1 saturated carbocycles. The van der Waals surface area contributed by atoms with Gasteiger partial charge in [0.2, 0.25) is 5.91 Å². The predicted molar refractivity (Wildman–Crippen MR) is 91.5 cm³/mol. The first-order valence-electron chi connectivity index (χ1n) is 8.26. The summed E-state index contributed by atoms with van der Waals surface area (Å²) in [6, 6.07) is 3.89. The molecule has 2 rings (SSSR count). The van der Waals surface area contributed by atoms with Crippen LogP contribution in [0.25, 0.3) is 0 Å². The van der Waals surface area contributed by atoms with Crippen molar-refractivity contribution >= 4 is 12.0 Å². The Morgan fingerprint density at radius 1 is 1.29 bits per heavy atom. The van der Waals surface area contributed by atoms with E-state index in [1.54, 1.807) is 6.20 Å². The van der Waals surface area contributed by atoms with Crippen molar-refractivity contribution in [3.63, 3.8) is 0 Å². The summed E-state index contributed by atoms with van der Waals surface area (Å²) in [6.07, 6.45) is 3.90. The molecule has 0 aliphatic heterocycles. The highest BCUT2D eigenvalue weighted by molar-refractivity contribution is 5.83. The molecule has 1 heterocycles. The number of nitrogens with one attached hydrogen (secondary N) is 2. The molecular weight excluding hydrogens is 306 g/mol. The van der Waals surface area contributed by atoms with Crippen LogP contribution < -0.4 is 10.6 Å². The molecular formula is C18H27N3O3. The van der Waals surface area contributed by atoms with Crippen molar-refractivity contribution in [1.29, 1.82) is 0 Å². The third kappa shape index (κ3) is 5.51. The van der Waals surface area contributed by atoms with Crippen molar-refractivity contribution < 1.29 is 14.3 Å². The van der Waals surface area contributed by atoms with Gasteiger partial charge in [0.15, 0.2) is 0 Å². The van der Waals surface area contributed by atoms with Gasteiger partial charge in [0.25, 0.3) is 0 Å². The lowest BCUT2D eigenvalue weighted by molar-refractivity contribution is -0.124. The molecule has 6 nitrogen and oxygen atoms in total. The van der Waals surface area contributed by atoms with Crippen molar-refractivity contribution in [2.75, 3.05) is 6.54 Å². The van der Waals surface area contributed by atoms with Crippen molar-refractivity contribution in [3.8, 4) is 0 Å². The van der Waals surface area contributed by atoms with Crippen LogP contribution in [0.15, 0.2) is 24.5 Å². The fourth-order valence-corrected chi connectivity index (χ4v) is 2.53. The third-order valence-electron chi connectivity index (χ3n) is 3.77. The van der Waals surface area contributed by atoms with E-state index in [-0.39, 0.29) is 17.7 Å². The standard InChI is InChI=1S/C18H27N3O3/c1-17(2,3)24-16(23)20-11-18(4,5)21-15(22)14-9-13(14)12-7-6-8-19-10-12/h6-8,10,13-14H,9,11H2,1-5H3,(H,20,23)(H,21,22). The molecule has 1 aromatic rings. The summed E-state index contributed by atoms with van der Waals surface area (Å²) < 4.78 is 5.20. The Hall–Kier alpha value is -2.11. The lowest BCUT2D eigenvalue weighted by Crippen LogP contribution is -2.52. The average Bonchev–Trinajstić information content (AvgIpc) is 3.25. The van der Waals surface area contributed by atoms with Gasteiger partial charge >= 0.3 is 6.09 Å². The lowest BCUT2D eigenvalue weighted by atomic mass is 10.0. The topological polar surface area (TPSA) is 80.3 Å². The Bertz CT molecular complexity index is 593. The number of carbonyl (C=O) groups is 2. The molecule has 2 N–H and O–H groups in total. The molecule has 1 aliphatic rings. The summed E-state index contributed by atoms with van der Waals surface area (Å²) in [5.41, 5.74) is 0.0146. The second kappa shape index (κ2) is 6.79. The maximum absolute atomic E-state index is 12.4. The van der Waals surface area contributed by atoms with Crippen LogP contribution in [0.5, 0.6) is 0 Å². The molecule has 0 spiro atoms. The number of nitrogens with zero attached hydrogens (tertiary/aromatic N) is 1. The molecule has 2 atom stereocenters. The van der Waals surface area contributed by atoms with Gasteiger partial charge in [0.1, 0.15) is 5.60 Å². The summed E-state index contributed by atoms with van der Waals surface area (Å²) in [6.45, 7) is 9.49. The Labute approximate surface area is 143 Å². The SMILES string of the molecule is CC(C)(CNC(=O)OC(C)(C)C)NC(=O)C1CC1c1cccnc1. The molecule has 1 fully saturated rings. The maximum Gasteiger partial charge on any atom is 0.407 e. The van der Waals surface area contributed by atoms with Gasteiger partial charge in [-0.05, 0) is 58.6 Å². The van der Waals surface area contributed by atoms with E-state index in [1.165, 1.54) is 0 Å². The van der Waals surface area contributed by atoms with E-state index in [4.69, 9.17) is 4.74 Å². The van der Waals surface area contributed by atoms with Gasteiger partial charge in [-0.1, -0.05) is 6.07 Å². The third-order valence-corrected chi connectivity index (χ3v) is 3.77. The molecule has 6 heteroatoms. The smallest absolute Gasteiger partial charge is 0.407 e. The van der Waals surface area contributed by atoms with E-state index >= 15 is 0 Å². The number of amides is 2. The van der Waals surface area contributed by atoms with Gasteiger partial charge in [-0.15, -0.1) is 0 Å². The molecule has 24 heavy (non-hydrogen) atoms. The highest BCUT2D eigenvalue weighted by atomic mass is 16.6. The van der Waals surface area contributed by atoms with Crippen LogP contribution in [0.1, 0.15) is 52.5 Å². The van der Waals surface area contributed by atoms with Gasteiger partial charge in [-0.2, -0.15) is 0 Å². The molecule has 0 saturated heterocycles. The Balaban J connectivity index is 1.80. The Morgan fingerprint density at radius 3 is 2.58 bits per heavy atom. The highest BCUT2D eigenvalue weighted by Crippen LogP contribution is 2.47. The first kappa shape index (κ1) is 18.2. The van der Waals surface area contributed by atoms with Crippen molar-refractivity contribution in [2.45, 2.75) is 58.1 Å². The zero-order chi connectivity index (χ0) is 18.0. The van der Waals surface area contributed by atoms with Crippen molar-refractivity contribution in [1.82, 2.24) is 15.6 Å². The second-order valence-electron chi connectivity index (χ2n) is 7.96. The number of pyridine rings is 1. The number of aromatic nitrogens is 1. The van der Waals surface area contributed by atoms with Gasteiger partial charge in [0, 0.05) is 24.9 Å². The monoisotopic (exact) mass is 333 g/mol. The summed E-state index contributed by atoms with van der Waals surface area (Å²) in [4.78, 5) is 28.2. The first-order valence-corrected chi connectivity index (χ1v) is 8.26. The number of rotatable bonds is 5. The fourth-order valence-electron chi connectivity index (χ4n) is 2.53. The molecule has 132 valence electrons. The molecule has 0 aromatic carbocycles. The number of alkyl carbamates (subject to hydrolysis) is 1. The van der Waals surface area contributed by atoms with E-state index in [2.05, 4.69) is 15.6 Å². The van der Waals surface area contributed by atoms with E-state index in [0.29, 0.717) is 6.54 Å². The molecule has 1 aliphatic carbocycles. The lowest BCUT2D eigenvalue weighted by Gasteiger charge is -2.28. The highest BCUT2D eigenvalue weighted by Gasteiger charge is 2.45. The molecule has 0 bridgehead atoms. The molecule has 1 aromatic heterocycles.